The Bertz CT molecular complexity index is 1750. The van der Waals surface area contributed by atoms with E-state index in [1.807, 2.05) is 50.2 Å². The van der Waals surface area contributed by atoms with Gasteiger partial charge in [-0.3, -0.25) is 0 Å². The average molecular weight is 673 g/mol. The van der Waals surface area contributed by atoms with Crippen molar-refractivity contribution < 1.29 is 22.7 Å². The lowest BCUT2D eigenvalue weighted by Crippen LogP contribution is -2.40. The first-order chi connectivity index (χ1) is 21.2. The number of amides is 2. The fourth-order valence-corrected chi connectivity index (χ4v) is 7.10. The molecular formula is C34H36Cl2FN3O4S. The second kappa shape index (κ2) is 14.6. The summed E-state index contributed by atoms with van der Waals surface area (Å²) in [5.74, 6) is -0.663. The normalized spacial score (nSPS) is 11.7. The quantitative estimate of drug-likeness (QED) is 0.175. The number of phenolic OH excluding ortho intramolecular Hbond substituents is 1. The Kier molecular flexibility index (Phi) is 11.1. The van der Waals surface area contributed by atoms with E-state index in [0.29, 0.717) is 24.2 Å². The van der Waals surface area contributed by atoms with Gasteiger partial charge in [0.05, 0.1) is 5.02 Å². The van der Waals surface area contributed by atoms with Crippen molar-refractivity contribution in [3.05, 3.63) is 117 Å². The zero-order valence-electron chi connectivity index (χ0n) is 25.5. The van der Waals surface area contributed by atoms with Gasteiger partial charge >= 0.3 is 6.03 Å². The standard InChI is InChI=1S/C34H36Cl2FN3O4S/c1-23(2)19-39(34(42)38(3)4)20-25-6-5-7-26(16-25)22-40(45(43,44)32-18-29(35)17-31(36)33(32)41)21-24-8-10-27(11-9-24)28-12-14-30(37)15-13-28/h5-18,23,41H,19-22H2,1-4H3. The minimum absolute atomic E-state index is 0.0293. The third kappa shape index (κ3) is 8.76. The molecule has 11 heteroatoms. The molecule has 0 unspecified atom stereocenters. The molecule has 4 rings (SSSR count). The van der Waals surface area contributed by atoms with Crippen molar-refractivity contribution >= 4 is 39.3 Å². The van der Waals surface area contributed by atoms with Crippen molar-refractivity contribution in [1.29, 1.82) is 0 Å². The molecule has 0 heterocycles. The number of urea groups is 1. The fraction of sp³-hybridized carbons (Fsp3) is 0.265. The van der Waals surface area contributed by atoms with Crippen LogP contribution < -0.4 is 0 Å². The smallest absolute Gasteiger partial charge is 0.319 e. The van der Waals surface area contributed by atoms with Gasteiger partial charge in [-0.05, 0) is 58.0 Å². The average Bonchev–Trinajstić information content (AvgIpc) is 2.98. The highest BCUT2D eigenvalue weighted by atomic mass is 35.5. The topological polar surface area (TPSA) is 81.2 Å². The van der Waals surface area contributed by atoms with Gasteiger partial charge < -0.3 is 14.9 Å². The molecule has 0 spiro atoms. The number of carbonyl (C=O) groups excluding carboxylic acids is 1. The molecular weight excluding hydrogens is 636 g/mol. The summed E-state index contributed by atoms with van der Waals surface area (Å²) in [6.07, 6.45) is 0. The zero-order chi connectivity index (χ0) is 32.9. The fourth-order valence-electron chi connectivity index (χ4n) is 4.94. The van der Waals surface area contributed by atoms with Crippen molar-refractivity contribution in [2.45, 2.75) is 38.4 Å². The van der Waals surface area contributed by atoms with Crippen molar-refractivity contribution in [3.63, 3.8) is 0 Å². The van der Waals surface area contributed by atoms with Gasteiger partial charge in [-0.15, -0.1) is 0 Å². The molecule has 0 aromatic heterocycles. The molecule has 0 radical (unpaired) electrons. The molecule has 0 atom stereocenters. The van der Waals surface area contributed by atoms with E-state index in [9.17, 15) is 22.7 Å². The van der Waals surface area contributed by atoms with Gasteiger partial charge in [0.1, 0.15) is 10.7 Å². The summed E-state index contributed by atoms with van der Waals surface area (Å²) in [6.45, 7) is 4.93. The van der Waals surface area contributed by atoms with E-state index < -0.39 is 20.7 Å². The number of phenols is 1. The number of sulfonamides is 1. The maximum absolute atomic E-state index is 14.1. The van der Waals surface area contributed by atoms with Crippen LogP contribution in [-0.2, 0) is 29.7 Å². The Hall–Kier alpha value is -3.63. The molecule has 7 nitrogen and oxygen atoms in total. The highest BCUT2D eigenvalue weighted by Gasteiger charge is 2.30. The Balaban J connectivity index is 1.68. The minimum Gasteiger partial charge on any atom is -0.505 e. The van der Waals surface area contributed by atoms with E-state index >= 15 is 0 Å². The lowest BCUT2D eigenvalue weighted by molar-refractivity contribution is 0.161. The van der Waals surface area contributed by atoms with E-state index in [1.54, 1.807) is 43.3 Å². The summed E-state index contributed by atoms with van der Waals surface area (Å²) < 4.78 is 42.8. The van der Waals surface area contributed by atoms with Crippen molar-refractivity contribution in [3.8, 4) is 16.9 Å². The molecule has 4 aromatic rings. The van der Waals surface area contributed by atoms with Gasteiger partial charge in [0.2, 0.25) is 10.0 Å². The van der Waals surface area contributed by atoms with Gasteiger partial charge in [0.25, 0.3) is 0 Å². The van der Waals surface area contributed by atoms with E-state index in [0.717, 1.165) is 16.7 Å². The molecule has 2 amide bonds. The first kappa shape index (κ1) is 34.2. The first-order valence-electron chi connectivity index (χ1n) is 14.3. The monoisotopic (exact) mass is 671 g/mol. The molecule has 0 aliphatic carbocycles. The predicted octanol–water partition coefficient (Wildman–Crippen LogP) is 8.04. The lowest BCUT2D eigenvalue weighted by Gasteiger charge is -2.28. The first-order valence-corrected chi connectivity index (χ1v) is 16.5. The van der Waals surface area contributed by atoms with Gasteiger partial charge in [0.15, 0.2) is 5.75 Å². The number of nitrogens with zero attached hydrogens (tertiary/aromatic N) is 3. The Morgan fingerprint density at radius 1 is 0.822 bits per heavy atom. The Labute approximate surface area is 274 Å². The van der Waals surface area contributed by atoms with E-state index in [2.05, 4.69) is 0 Å². The maximum atomic E-state index is 14.1. The minimum atomic E-state index is -4.32. The van der Waals surface area contributed by atoms with Crippen LogP contribution in [0.15, 0.2) is 89.8 Å². The molecule has 0 bridgehead atoms. The maximum Gasteiger partial charge on any atom is 0.319 e. The van der Waals surface area contributed by atoms with E-state index in [-0.39, 0.29) is 40.9 Å². The zero-order valence-corrected chi connectivity index (χ0v) is 27.9. The molecule has 1 N–H and O–H groups in total. The van der Waals surface area contributed by atoms with Gasteiger partial charge in [-0.1, -0.05) is 97.7 Å². The van der Waals surface area contributed by atoms with Crippen LogP contribution in [0.3, 0.4) is 0 Å². The third-order valence-corrected chi connectivity index (χ3v) is 9.38. The molecule has 4 aromatic carbocycles. The second-order valence-electron chi connectivity index (χ2n) is 11.5. The van der Waals surface area contributed by atoms with Gasteiger partial charge in [-0.25, -0.2) is 17.6 Å². The van der Waals surface area contributed by atoms with Crippen LogP contribution in [0.4, 0.5) is 9.18 Å². The molecule has 0 aliphatic rings. The molecule has 0 aliphatic heterocycles. The Morgan fingerprint density at radius 2 is 1.38 bits per heavy atom. The van der Waals surface area contributed by atoms with E-state index in [1.165, 1.54) is 33.5 Å². The summed E-state index contributed by atoms with van der Waals surface area (Å²) in [6, 6.07) is 23.2. The van der Waals surface area contributed by atoms with Crippen molar-refractivity contribution in [1.82, 2.24) is 14.1 Å². The largest absolute Gasteiger partial charge is 0.505 e. The number of aromatic hydroxyl groups is 1. The molecule has 0 fully saturated rings. The number of rotatable bonds is 11. The van der Waals surface area contributed by atoms with Crippen LogP contribution in [0, 0.1) is 11.7 Å². The molecule has 45 heavy (non-hydrogen) atoms. The van der Waals surface area contributed by atoms with Crippen LogP contribution in [0.2, 0.25) is 10.0 Å². The number of benzene rings is 4. The van der Waals surface area contributed by atoms with Crippen LogP contribution in [0.1, 0.15) is 30.5 Å². The number of hydrogen-bond acceptors (Lipinski definition) is 4. The number of hydrogen-bond donors (Lipinski definition) is 1. The molecule has 0 saturated carbocycles. The van der Waals surface area contributed by atoms with Crippen LogP contribution in [-0.4, -0.2) is 54.3 Å². The summed E-state index contributed by atoms with van der Waals surface area (Å²) in [5.41, 5.74) is 3.89. The SMILES string of the molecule is CC(C)CN(Cc1cccc(CN(Cc2ccc(-c3ccc(F)cc3)cc2)S(=O)(=O)c2cc(Cl)cc(Cl)c2O)c1)C(=O)N(C)C. The van der Waals surface area contributed by atoms with Crippen molar-refractivity contribution in [2.75, 3.05) is 20.6 Å². The van der Waals surface area contributed by atoms with Gasteiger partial charge in [-0.2, -0.15) is 4.31 Å². The number of carbonyl (C=O) groups is 1. The molecule has 0 saturated heterocycles. The third-order valence-electron chi connectivity index (χ3n) is 7.06. The Morgan fingerprint density at radius 3 is 1.96 bits per heavy atom. The van der Waals surface area contributed by atoms with Crippen LogP contribution in [0.25, 0.3) is 11.1 Å². The van der Waals surface area contributed by atoms with Crippen LogP contribution >= 0.6 is 23.2 Å². The summed E-state index contributed by atoms with van der Waals surface area (Å²) >= 11 is 12.3. The van der Waals surface area contributed by atoms with Crippen LogP contribution in [0.5, 0.6) is 5.75 Å². The highest BCUT2D eigenvalue weighted by Crippen LogP contribution is 2.37. The predicted molar refractivity (Wildman–Crippen MR) is 177 cm³/mol. The molecule has 238 valence electrons. The number of halogens is 3. The van der Waals surface area contributed by atoms with Crippen molar-refractivity contribution in [2.24, 2.45) is 5.92 Å². The summed E-state index contributed by atoms with van der Waals surface area (Å²) in [7, 11) is -0.901. The van der Waals surface area contributed by atoms with E-state index in [4.69, 9.17) is 23.2 Å². The summed E-state index contributed by atoms with van der Waals surface area (Å²) in [5, 5.41) is 10.6. The second-order valence-corrected chi connectivity index (χ2v) is 14.2. The highest BCUT2D eigenvalue weighted by molar-refractivity contribution is 7.89. The lowest BCUT2D eigenvalue weighted by atomic mass is 10.0. The summed E-state index contributed by atoms with van der Waals surface area (Å²) in [4.78, 5) is 15.7. The van der Waals surface area contributed by atoms with Gasteiger partial charge in [0, 0.05) is 45.3 Å².